The average Bonchev–Trinajstić information content (AvgIpc) is 2.29. The Kier molecular flexibility index (Phi) is 25.3. The van der Waals surface area contributed by atoms with Gasteiger partial charge in [-0.15, -0.1) is 0 Å². The van der Waals surface area contributed by atoms with Gasteiger partial charge in [0.05, 0.1) is 13.7 Å². The third-order valence-electron chi connectivity index (χ3n) is 1.09. The van der Waals surface area contributed by atoms with E-state index in [0.717, 1.165) is 13.2 Å². The second-order valence-corrected chi connectivity index (χ2v) is 2.54. The fraction of sp³-hybridized carbons (Fsp3) is 0.818. The van der Waals surface area contributed by atoms with Crippen LogP contribution in [0.5, 0.6) is 0 Å². The number of rotatable bonds is 4. The van der Waals surface area contributed by atoms with Gasteiger partial charge in [0, 0.05) is 27.1 Å². The minimum atomic E-state index is -0.353. The Balaban J connectivity index is -0.000000177. The summed E-state index contributed by atoms with van der Waals surface area (Å²) in [6.07, 6.45) is 0. The van der Waals surface area contributed by atoms with Crippen LogP contribution in [0.1, 0.15) is 27.7 Å². The number of carbonyl (C=O) groups excluding carboxylic acids is 2. The van der Waals surface area contributed by atoms with Crippen LogP contribution >= 0.6 is 0 Å². The largest absolute Gasteiger partial charge is 0.469 e. The topological polar surface area (TPSA) is 82.1 Å². The number of ether oxygens (including phenoxy) is 3. The van der Waals surface area contributed by atoms with Crippen LogP contribution in [0.3, 0.4) is 0 Å². The second-order valence-electron chi connectivity index (χ2n) is 2.54. The lowest BCUT2D eigenvalue weighted by Crippen LogP contribution is -2.03. The molecule has 0 saturated carbocycles. The van der Waals surface area contributed by atoms with Gasteiger partial charge in [0.1, 0.15) is 6.61 Å². The van der Waals surface area contributed by atoms with Crippen LogP contribution in [0.25, 0.3) is 0 Å². The highest BCUT2D eigenvalue weighted by atomic mass is 16.5. The number of methoxy groups -OCH3 is 1. The van der Waals surface area contributed by atoms with Crippen molar-refractivity contribution in [2.45, 2.75) is 27.7 Å². The molecular formula is C11H24O6. The summed E-state index contributed by atoms with van der Waals surface area (Å²) < 4.78 is 13.2. The molecule has 0 spiro atoms. The van der Waals surface area contributed by atoms with Crippen LogP contribution in [0, 0.1) is 0 Å². The predicted molar refractivity (Wildman–Crippen MR) is 63.6 cm³/mol. The number of esters is 2. The lowest BCUT2D eigenvalue weighted by molar-refractivity contribution is -0.142. The molecule has 0 aliphatic carbocycles. The van der Waals surface area contributed by atoms with Gasteiger partial charge < -0.3 is 19.3 Å². The zero-order chi connectivity index (χ0) is 14.1. The van der Waals surface area contributed by atoms with E-state index in [-0.39, 0.29) is 25.2 Å². The molecule has 0 rings (SSSR count). The summed E-state index contributed by atoms with van der Waals surface area (Å²) in [6.45, 7) is 8.34. The SMILES string of the molecule is CC(=O)OCCO.CCOCC.COC(C)=O. The Morgan fingerprint density at radius 3 is 1.53 bits per heavy atom. The minimum Gasteiger partial charge on any atom is -0.469 e. The molecule has 0 atom stereocenters. The van der Waals surface area contributed by atoms with Crippen molar-refractivity contribution in [3.8, 4) is 0 Å². The van der Waals surface area contributed by atoms with Crippen LogP contribution in [0.2, 0.25) is 0 Å². The molecule has 17 heavy (non-hydrogen) atoms. The Morgan fingerprint density at radius 1 is 1.06 bits per heavy atom. The third kappa shape index (κ3) is 52.2. The molecule has 0 aromatic rings. The van der Waals surface area contributed by atoms with Crippen molar-refractivity contribution in [3.05, 3.63) is 0 Å². The van der Waals surface area contributed by atoms with Crippen molar-refractivity contribution < 1.29 is 28.9 Å². The van der Waals surface area contributed by atoms with E-state index < -0.39 is 0 Å². The highest BCUT2D eigenvalue weighted by Crippen LogP contribution is 1.71. The molecule has 0 aromatic heterocycles. The van der Waals surface area contributed by atoms with Crippen molar-refractivity contribution in [1.82, 2.24) is 0 Å². The van der Waals surface area contributed by atoms with E-state index in [2.05, 4.69) is 9.47 Å². The molecule has 0 aliphatic rings. The van der Waals surface area contributed by atoms with E-state index in [1.807, 2.05) is 13.8 Å². The third-order valence-corrected chi connectivity index (χ3v) is 1.09. The normalized spacial score (nSPS) is 7.88. The molecular weight excluding hydrogens is 228 g/mol. The maximum atomic E-state index is 9.87. The molecule has 0 heterocycles. The molecule has 0 aromatic carbocycles. The highest BCUT2D eigenvalue weighted by Gasteiger charge is 1.86. The zero-order valence-corrected chi connectivity index (χ0v) is 11.3. The van der Waals surface area contributed by atoms with Crippen LogP contribution < -0.4 is 0 Å². The first-order valence-corrected chi connectivity index (χ1v) is 5.32. The number of aliphatic hydroxyl groups excluding tert-OH is 1. The predicted octanol–water partition coefficient (Wildman–Crippen LogP) is 0.764. The first-order chi connectivity index (χ1) is 7.95. The van der Waals surface area contributed by atoms with E-state index >= 15 is 0 Å². The lowest BCUT2D eigenvalue weighted by atomic mass is 10.7. The Labute approximate surface area is 103 Å². The van der Waals surface area contributed by atoms with Crippen molar-refractivity contribution in [2.24, 2.45) is 0 Å². The first-order valence-electron chi connectivity index (χ1n) is 5.32. The van der Waals surface area contributed by atoms with Gasteiger partial charge in [-0.3, -0.25) is 9.59 Å². The Hall–Kier alpha value is -1.14. The van der Waals surface area contributed by atoms with E-state index in [0.29, 0.717) is 0 Å². The average molecular weight is 252 g/mol. The van der Waals surface area contributed by atoms with Crippen molar-refractivity contribution >= 4 is 11.9 Å². The molecule has 0 saturated heterocycles. The fourth-order valence-electron chi connectivity index (χ4n) is 0.393. The fourth-order valence-corrected chi connectivity index (χ4v) is 0.393. The summed E-state index contributed by atoms with van der Waals surface area (Å²) >= 11 is 0. The Morgan fingerprint density at radius 2 is 1.47 bits per heavy atom. The van der Waals surface area contributed by atoms with Crippen LogP contribution in [0.4, 0.5) is 0 Å². The second kappa shape index (κ2) is 20.3. The number of hydrogen-bond acceptors (Lipinski definition) is 6. The molecule has 6 heteroatoms. The molecule has 0 aliphatic heterocycles. The summed E-state index contributed by atoms with van der Waals surface area (Å²) in [5.41, 5.74) is 0. The number of hydrogen-bond donors (Lipinski definition) is 1. The molecule has 0 unspecified atom stereocenters. The summed E-state index contributed by atoms with van der Waals surface area (Å²) in [6, 6.07) is 0. The molecule has 6 nitrogen and oxygen atoms in total. The van der Waals surface area contributed by atoms with Gasteiger partial charge in [-0.05, 0) is 13.8 Å². The minimum absolute atomic E-state index is 0.0976. The monoisotopic (exact) mass is 252 g/mol. The molecule has 1 N–H and O–H groups in total. The first kappa shape index (κ1) is 21.2. The smallest absolute Gasteiger partial charge is 0.302 e. The Bertz CT molecular complexity index is 167. The van der Waals surface area contributed by atoms with Gasteiger partial charge in [-0.25, -0.2) is 0 Å². The van der Waals surface area contributed by atoms with Crippen molar-refractivity contribution in [2.75, 3.05) is 33.5 Å². The van der Waals surface area contributed by atoms with Gasteiger partial charge in [-0.2, -0.15) is 0 Å². The van der Waals surface area contributed by atoms with Crippen molar-refractivity contribution in [1.29, 1.82) is 0 Å². The number of aliphatic hydroxyl groups is 1. The summed E-state index contributed by atoms with van der Waals surface area (Å²) in [7, 11) is 1.35. The van der Waals surface area contributed by atoms with Gasteiger partial charge >= 0.3 is 11.9 Å². The maximum Gasteiger partial charge on any atom is 0.302 e. The quantitative estimate of drug-likeness (QED) is 0.744. The molecule has 0 bridgehead atoms. The molecule has 0 radical (unpaired) electrons. The standard InChI is InChI=1S/C4H8O3.C4H10O.C3H6O2/c1-4(6)7-3-2-5;1-3-5-4-2;1-3(4)5-2/h5H,2-3H2,1H3;3-4H2,1-2H3;1-2H3. The number of carbonyl (C=O) groups is 2. The lowest BCUT2D eigenvalue weighted by Gasteiger charge is -1.93. The highest BCUT2D eigenvalue weighted by molar-refractivity contribution is 5.65. The van der Waals surface area contributed by atoms with Gasteiger partial charge in [0.2, 0.25) is 0 Å². The van der Waals surface area contributed by atoms with Crippen molar-refractivity contribution in [3.63, 3.8) is 0 Å². The van der Waals surface area contributed by atoms with Crippen LogP contribution in [-0.2, 0) is 23.8 Å². The van der Waals surface area contributed by atoms with Gasteiger partial charge in [-0.1, -0.05) is 0 Å². The van der Waals surface area contributed by atoms with Crippen LogP contribution in [0.15, 0.2) is 0 Å². The van der Waals surface area contributed by atoms with E-state index in [1.54, 1.807) is 0 Å². The van der Waals surface area contributed by atoms with E-state index in [1.165, 1.54) is 21.0 Å². The summed E-state index contributed by atoms with van der Waals surface area (Å²) in [4.78, 5) is 19.5. The zero-order valence-electron chi connectivity index (χ0n) is 11.3. The maximum absolute atomic E-state index is 9.87. The molecule has 0 fully saturated rings. The molecule has 104 valence electrons. The van der Waals surface area contributed by atoms with Gasteiger partial charge in [0.25, 0.3) is 0 Å². The van der Waals surface area contributed by atoms with E-state index in [4.69, 9.17) is 9.84 Å². The summed E-state index contributed by atoms with van der Waals surface area (Å²) in [5, 5.41) is 8.04. The van der Waals surface area contributed by atoms with Crippen LogP contribution in [-0.4, -0.2) is 50.6 Å². The van der Waals surface area contributed by atoms with Gasteiger partial charge in [0.15, 0.2) is 0 Å². The van der Waals surface area contributed by atoms with E-state index in [9.17, 15) is 9.59 Å². The molecule has 0 amide bonds. The summed E-state index contributed by atoms with van der Waals surface area (Å²) in [5.74, 6) is -0.598.